The van der Waals surface area contributed by atoms with Gasteiger partial charge in [0.1, 0.15) is 0 Å². The Morgan fingerprint density at radius 1 is 1.18 bits per heavy atom. The monoisotopic (exact) mass is 434 g/mol. The molecule has 1 heterocycles. The molecule has 2 aromatic carbocycles. The van der Waals surface area contributed by atoms with Crippen molar-refractivity contribution in [1.82, 2.24) is 9.78 Å². The average Bonchev–Trinajstić information content (AvgIpc) is 3.10. The number of aromatic nitrogens is 2. The maximum absolute atomic E-state index is 6.24. The van der Waals surface area contributed by atoms with Crippen molar-refractivity contribution < 1.29 is 4.74 Å². The number of nitrogens with one attached hydrogen (secondary N) is 2. The SMILES string of the molecule is Cc1cc(Cl)cc(Cl)c1NC(=S)Nc1cnn(CCOCc2ccccc2)c1. The van der Waals surface area contributed by atoms with Crippen LogP contribution in [0.15, 0.2) is 54.9 Å². The molecule has 0 aliphatic carbocycles. The van der Waals surface area contributed by atoms with Crippen LogP contribution in [0.4, 0.5) is 11.4 Å². The predicted octanol–water partition coefficient (Wildman–Crippen LogP) is 5.52. The van der Waals surface area contributed by atoms with Gasteiger partial charge in [-0.3, -0.25) is 4.68 Å². The molecule has 0 unspecified atom stereocenters. The Balaban J connectivity index is 1.47. The molecule has 146 valence electrons. The van der Waals surface area contributed by atoms with Crippen molar-refractivity contribution in [3.8, 4) is 0 Å². The Bertz CT molecular complexity index is 923. The van der Waals surface area contributed by atoms with Gasteiger partial charge in [-0.25, -0.2) is 0 Å². The summed E-state index contributed by atoms with van der Waals surface area (Å²) in [5.41, 5.74) is 3.57. The van der Waals surface area contributed by atoms with Crippen LogP contribution in [0.1, 0.15) is 11.1 Å². The fourth-order valence-corrected chi connectivity index (χ4v) is 3.47. The Labute approximate surface area is 179 Å². The molecular weight excluding hydrogens is 415 g/mol. The standard InChI is InChI=1S/C20H20Cl2N4OS/c1-14-9-16(21)10-18(22)19(14)25-20(28)24-17-11-23-26(12-17)7-8-27-13-15-5-3-2-4-6-15/h2-6,9-12H,7-8,13H2,1H3,(H2,24,25,28). The molecule has 28 heavy (non-hydrogen) atoms. The van der Waals surface area contributed by atoms with E-state index in [1.165, 1.54) is 0 Å². The zero-order valence-corrected chi connectivity index (χ0v) is 17.6. The highest BCUT2D eigenvalue weighted by Gasteiger charge is 2.09. The van der Waals surface area contributed by atoms with E-state index in [-0.39, 0.29) is 0 Å². The van der Waals surface area contributed by atoms with Crippen molar-refractivity contribution in [3.05, 3.63) is 76.0 Å². The molecule has 1 aromatic heterocycles. The number of thiocarbonyl (C=S) groups is 1. The molecule has 0 saturated carbocycles. The van der Waals surface area contributed by atoms with Gasteiger partial charge >= 0.3 is 0 Å². The van der Waals surface area contributed by atoms with Gasteiger partial charge in [-0.15, -0.1) is 0 Å². The molecule has 0 fully saturated rings. The van der Waals surface area contributed by atoms with Gasteiger partial charge in [-0.05, 0) is 42.4 Å². The third-order valence-electron chi connectivity index (χ3n) is 3.96. The third kappa shape index (κ3) is 5.94. The van der Waals surface area contributed by atoms with Crippen LogP contribution in [-0.4, -0.2) is 21.5 Å². The number of ether oxygens (including phenoxy) is 1. The lowest BCUT2D eigenvalue weighted by Gasteiger charge is -2.13. The second-order valence-corrected chi connectivity index (χ2v) is 7.44. The minimum atomic E-state index is 0.423. The summed E-state index contributed by atoms with van der Waals surface area (Å²) < 4.78 is 7.49. The third-order valence-corrected chi connectivity index (χ3v) is 4.68. The second kappa shape index (κ2) is 9.89. The summed E-state index contributed by atoms with van der Waals surface area (Å²) in [6, 6.07) is 13.6. The van der Waals surface area contributed by atoms with Crippen molar-refractivity contribution in [2.24, 2.45) is 0 Å². The van der Waals surface area contributed by atoms with Crippen molar-refractivity contribution >= 4 is 51.9 Å². The molecule has 0 amide bonds. The smallest absolute Gasteiger partial charge is 0.175 e. The Morgan fingerprint density at radius 2 is 1.96 bits per heavy atom. The van der Waals surface area contributed by atoms with Crippen LogP contribution in [-0.2, 0) is 17.9 Å². The molecule has 3 aromatic rings. The normalized spacial score (nSPS) is 10.7. The largest absolute Gasteiger partial charge is 0.375 e. The van der Waals surface area contributed by atoms with Gasteiger partial charge in [0, 0.05) is 11.2 Å². The highest BCUT2D eigenvalue weighted by molar-refractivity contribution is 7.80. The zero-order chi connectivity index (χ0) is 19.9. The highest BCUT2D eigenvalue weighted by Crippen LogP contribution is 2.29. The van der Waals surface area contributed by atoms with Crippen LogP contribution in [0.5, 0.6) is 0 Å². The van der Waals surface area contributed by atoms with Crippen molar-refractivity contribution in [3.63, 3.8) is 0 Å². The number of rotatable bonds is 7. The first-order chi connectivity index (χ1) is 13.5. The first-order valence-electron chi connectivity index (χ1n) is 8.69. The first-order valence-corrected chi connectivity index (χ1v) is 9.85. The minimum Gasteiger partial charge on any atom is -0.375 e. The molecule has 0 aliphatic heterocycles. The lowest BCUT2D eigenvalue weighted by atomic mass is 10.2. The molecule has 0 bridgehead atoms. The number of nitrogens with zero attached hydrogens (tertiary/aromatic N) is 2. The van der Waals surface area contributed by atoms with Crippen LogP contribution in [0.2, 0.25) is 10.0 Å². The topological polar surface area (TPSA) is 51.1 Å². The summed E-state index contributed by atoms with van der Waals surface area (Å²) >= 11 is 17.6. The summed E-state index contributed by atoms with van der Waals surface area (Å²) in [4.78, 5) is 0. The van der Waals surface area contributed by atoms with E-state index in [2.05, 4.69) is 15.7 Å². The van der Waals surface area contributed by atoms with Crippen LogP contribution in [0.3, 0.4) is 0 Å². The number of benzene rings is 2. The van der Waals surface area contributed by atoms with E-state index in [0.29, 0.717) is 34.9 Å². The van der Waals surface area contributed by atoms with Crippen molar-refractivity contribution in [2.45, 2.75) is 20.1 Å². The number of anilines is 2. The quantitative estimate of drug-likeness (QED) is 0.378. The molecular formula is C20H20Cl2N4OS. The molecule has 0 atom stereocenters. The number of hydrogen-bond donors (Lipinski definition) is 2. The maximum atomic E-state index is 6.24. The lowest BCUT2D eigenvalue weighted by molar-refractivity contribution is 0.111. The Hall–Kier alpha value is -2.12. The minimum absolute atomic E-state index is 0.423. The Kier molecular flexibility index (Phi) is 7.28. The van der Waals surface area contributed by atoms with Gasteiger partial charge in [-0.1, -0.05) is 53.5 Å². The molecule has 0 radical (unpaired) electrons. The summed E-state index contributed by atoms with van der Waals surface area (Å²) in [6.45, 7) is 3.72. The van der Waals surface area contributed by atoms with Gasteiger partial charge < -0.3 is 15.4 Å². The molecule has 0 spiro atoms. The fourth-order valence-electron chi connectivity index (χ4n) is 2.61. The lowest BCUT2D eigenvalue weighted by Crippen LogP contribution is -2.19. The molecule has 2 N–H and O–H groups in total. The molecule has 0 aliphatic rings. The summed E-state index contributed by atoms with van der Waals surface area (Å²) in [5.74, 6) is 0. The average molecular weight is 435 g/mol. The molecule has 3 rings (SSSR count). The van der Waals surface area contributed by atoms with E-state index in [1.807, 2.05) is 49.5 Å². The second-order valence-electron chi connectivity index (χ2n) is 6.19. The maximum Gasteiger partial charge on any atom is 0.175 e. The van der Waals surface area contributed by atoms with Crippen LogP contribution in [0.25, 0.3) is 0 Å². The fraction of sp³-hybridized carbons (Fsp3) is 0.200. The molecule has 8 heteroatoms. The number of halogens is 2. The highest BCUT2D eigenvalue weighted by atomic mass is 35.5. The summed E-state index contributed by atoms with van der Waals surface area (Å²) in [5, 5.41) is 12.0. The molecule has 0 saturated heterocycles. The summed E-state index contributed by atoms with van der Waals surface area (Å²) in [6.07, 6.45) is 3.58. The van der Waals surface area contributed by atoms with E-state index in [9.17, 15) is 0 Å². The van der Waals surface area contributed by atoms with E-state index >= 15 is 0 Å². The van der Waals surface area contributed by atoms with E-state index in [0.717, 1.165) is 22.5 Å². The van der Waals surface area contributed by atoms with Gasteiger partial charge in [0.25, 0.3) is 0 Å². The van der Waals surface area contributed by atoms with E-state index in [4.69, 9.17) is 40.2 Å². The first kappa shape index (κ1) is 20.6. The summed E-state index contributed by atoms with van der Waals surface area (Å²) in [7, 11) is 0. The number of aryl methyl sites for hydroxylation is 1. The van der Waals surface area contributed by atoms with Crippen LogP contribution in [0, 0.1) is 6.92 Å². The van der Waals surface area contributed by atoms with Crippen LogP contribution < -0.4 is 10.6 Å². The Morgan fingerprint density at radius 3 is 2.71 bits per heavy atom. The van der Waals surface area contributed by atoms with E-state index in [1.54, 1.807) is 16.9 Å². The number of hydrogen-bond acceptors (Lipinski definition) is 3. The van der Waals surface area contributed by atoms with Gasteiger partial charge in [0.15, 0.2) is 5.11 Å². The van der Waals surface area contributed by atoms with Gasteiger partial charge in [0.05, 0.1) is 42.4 Å². The van der Waals surface area contributed by atoms with Gasteiger partial charge in [-0.2, -0.15) is 5.10 Å². The van der Waals surface area contributed by atoms with Gasteiger partial charge in [0.2, 0.25) is 0 Å². The van der Waals surface area contributed by atoms with Crippen molar-refractivity contribution in [1.29, 1.82) is 0 Å². The van der Waals surface area contributed by atoms with E-state index < -0.39 is 0 Å². The predicted molar refractivity (Wildman–Crippen MR) is 119 cm³/mol. The molecule has 5 nitrogen and oxygen atoms in total. The zero-order valence-electron chi connectivity index (χ0n) is 15.3. The van der Waals surface area contributed by atoms with Crippen LogP contribution >= 0.6 is 35.4 Å². The van der Waals surface area contributed by atoms with Crippen molar-refractivity contribution in [2.75, 3.05) is 17.2 Å².